The van der Waals surface area contributed by atoms with Crippen LogP contribution in [0.25, 0.3) is 21.9 Å². The molecule has 2 aromatic carbocycles. The molecule has 5 aromatic rings. The van der Waals surface area contributed by atoms with Crippen molar-refractivity contribution in [2.45, 2.75) is 4.90 Å². The molecule has 0 aliphatic rings. The summed E-state index contributed by atoms with van der Waals surface area (Å²) in [5.41, 5.74) is 2.90. The summed E-state index contributed by atoms with van der Waals surface area (Å²) in [4.78, 5) is 9.02. The first-order valence-corrected chi connectivity index (χ1v) is 10.3. The maximum atomic E-state index is 11.4. The van der Waals surface area contributed by atoms with Crippen LogP contribution in [0.2, 0.25) is 0 Å². The predicted octanol–water partition coefficient (Wildman–Crippen LogP) is 2.36. The van der Waals surface area contributed by atoms with E-state index in [0.717, 1.165) is 16.6 Å². The fourth-order valence-electron chi connectivity index (χ4n) is 3.00. The molecule has 0 amide bonds. The van der Waals surface area contributed by atoms with Crippen molar-refractivity contribution in [3.05, 3.63) is 54.9 Å². The molecule has 0 atom stereocenters. The van der Waals surface area contributed by atoms with Crippen molar-refractivity contribution in [3.63, 3.8) is 0 Å². The second kappa shape index (κ2) is 6.79. The highest BCUT2D eigenvalue weighted by Gasteiger charge is 2.12. The zero-order valence-corrected chi connectivity index (χ0v) is 16.1. The highest BCUT2D eigenvalue weighted by Crippen LogP contribution is 2.26. The minimum atomic E-state index is -3.76. The lowest BCUT2D eigenvalue weighted by Crippen LogP contribution is -2.11. The number of fused-ring (bicyclic) bond motifs is 2. The molecule has 0 aliphatic carbocycles. The van der Waals surface area contributed by atoms with Gasteiger partial charge in [0.1, 0.15) is 5.82 Å². The Morgan fingerprint density at radius 1 is 0.867 bits per heavy atom. The molecular formula is C18H15N9O2S. The van der Waals surface area contributed by atoms with E-state index in [0.29, 0.717) is 28.5 Å². The molecule has 0 bridgehead atoms. The molecular weight excluding hydrogens is 406 g/mol. The molecule has 30 heavy (non-hydrogen) atoms. The Labute approximate surface area is 169 Å². The Balaban J connectivity index is 1.48. The normalized spacial score (nSPS) is 11.8. The van der Waals surface area contributed by atoms with Crippen molar-refractivity contribution in [2.75, 3.05) is 10.6 Å². The summed E-state index contributed by atoms with van der Waals surface area (Å²) in [7, 11) is -3.76. The van der Waals surface area contributed by atoms with E-state index in [4.69, 9.17) is 5.14 Å². The van der Waals surface area contributed by atoms with Gasteiger partial charge in [-0.1, -0.05) is 0 Å². The number of primary sulfonamides is 1. The Kier molecular flexibility index (Phi) is 4.08. The molecule has 5 rings (SSSR count). The smallest absolute Gasteiger partial charge is 0.238 e. The number of benzene rings is 2. The highest BCUT2D eigenvalue weighted by atomic mass is 32.2. The van der Waals surface area contributed by atoms with Gasteiger partial charge >= 0.3 is 0 Å². The van der Waals surface area contributed by atoms with Crippen LogP contribution in [0.4, 0.5) is 23.1 Å². The summed E-state index contributed by atoms with van der Waals surface area (Å²) in [5.74, 6) is 0.863. The minimum absolute atomic E-state index is 0.0289. The number of sulfonamides is 1. The van der Waals surface area contributed by atoms with Crippen LogP contribution in [0, 0.1) is 0 Å². The number of aromatic amines is 2. The summed E-state index contributed by atoms with van der Waals surface area (Å²) >= 11 is 0. The minimum Gasteiger partial charge on any atom is -0.339 e. The molecule has 11 nitrogen and oxygen atoms in total. The summed E-state index contributed by atoms with van der Waals surface area (Å²) in [5, 5.41) is 26.9. The van der Waals surface area contributed by atoms with E-state index in [1.807, 2.05) is 18.2 Å². The zero-order chi connectivity index (χ0) is 20.7. The number of hydrogen-bond acceptors (Lipinski definition) is 8. The van der Waals surface area contributed by atoms with Crippen LogP contribution in [-0.4, -0.2) is 38.8 Å². The van der Waals surface area contributed by atoms with Crippen molar-refractivity contribution in [1.82, 2.24) is 30.4 Å². The third-order valence-corrected chi connectivity index (χ3v) is 5.38. The van der Waals surface area contributed by atoms with Gasteiger partial charge in [-0.3, -0.25) is 10.2 Å². The monoisotopic (exact) mass is 421 g/mol. The van der Waals surface area contributed by atoms with Gasteiger partial charge in [0.2, 0.25) is 16.0 Å². The number of nitrogens with one attached hydrogen (secondary N) is 4. The molecule has 3 heterocycles. The first kappa shape index (κ1) is 18.0. The maximum Gasteiger partial charge on any atom is 0.238 e. The first-order chi connectivity index (χ1) is 14.5. The molecule has 0 radical (unpaired) electrons. The fourth-order valence-corrected chi connectivity index (χ4v) is 3.52. The van der Waals surface area contributed by atoms with Crippen molar-refractivity contribution < 1.29 is 8.42 Å². The number of hydrogen-bond donors (Lipinski definition) is 5. The van der Waals surface area contributed by atoms with Crippen molar-refractivity contribution in [2.24, 2.45) is 5.14 Å². The standard InChI is InChI=1S/C18H15N9O2S/c19-30(28,29)13-4-1-11(2-5-13)22-16-14-9-21-27-17(14)25-18(24-16)23-12-3-6-15-10(7-12)8-20-26-15/h1-9H,(H,20,26)(H2,19,28,29)(H3,21,22,23,24,25,27). The van der Waals surface area contributed by atoms with Crippen molar-refractivity contribution >= 4 is 55.1 Å². The number of rotatable bonds is 5. The Hall–Kier alpha value is -4.03. The molecule has 6 N–H and O–H groups in total. The van der Waals surface area contributed by atoms with E-state index >= 15 is 0 Å². The van der Waals surface area contributed by atoms with Gasteiger partial charge in [0.15, 0.2) is 5.65 Å². The second-order valence-electron chi connectivity index (χ2n) is 6.52. The van der Waals surface area contributed by atoms with E-state index in [1.165, 1.54) is 12.1 Å². The lowest BCUT2D eigenvalue weighted by atomic mass is 10.2. The quantitative estimate of drug-likeness (QED) is 0.288. The third-order valence-electron chi connectivity index (χ3n) is 4.45. The molecule has 0 spiro atoms. The SMILES string of the molecule is NS(=O)(=O)c1ccc(Nc2nc(Nc3ccc4[nH]ncc4c3)nc3[nH]ncc23)cc1. The lowest BCUT2D eigenvalue weighted by molar-refractivity contribution is 0.598. The fraction of sp³-hybridized carbons (Fsp3) is 0. The van der Waals surface area contributed by atoms with Crippen molar-refractivity contribution in [3.8, 4) is 0 Å². The summed E-state index contributed by atoms with van der Waals surface area (Å²) < 4.78 is 22.9. The van der Waals surface area contributed by atoms with E-state index in [1.54, 1.807) is 24.5 Å². The largest absolute Gasteiger partial charge is 0.339 e. The van der Waals surface area contributed by atoms with Gasteiger partial charge in [0.25, 0.3) is 0 Å². The molecule has 3 aromatic heterocycles. The Morgan fingerprint density at radius 3 is 2.43 bits per heavy atom. The number of nitrogens with two attached hydrogens (primary N) is 1. The Bertz CT molecular complexity index is 1470. The number of nitrogens with zero attached hydrogens (tertiary/aromatic N) is 4. The van der Waals surface area contributed by atoms with E-state index < -0.39 is 10.0 Å². The number of H-pyrrole nitrogens is 2. The highest BCUT2D eigenvalue weighted by molar-refractivity contribution is 7.89. The predicted molar refractivity (Wildman–Crippen MR) is 112 cm³/mol. The zero-order valence-electron chi connectivity index (χ0n) is 15.3. The van der Waals surface area contributed by atoms with Crippen molar-refractivity contribution in [1.29, 1.82) is 0 Å². The van der Waals surface area contributed by atoms with Crippen LogP contribution in [0.1, 0.15) is 0 Å². The Morgan fingerprint density at radius 2 is 1.63 bits per heavy atom. The van der Waals surface area contributed by atoms with Crippen LogP contribution in [-0.2, 0) is 10.0 Å². The van der Waals surface area contributed by atoms with Gasteiger partial charge in [-0.05, 0) is 42.5 Å². The summed E-state index contributed by atoms with van der Waals surface area (Å²) in [6.07, 6.45) is 3.34. The molecule has 0 saturated carbocycles. The second-order valence-corrected chi connectivity index (χ2v) is 8.08. The molecule has 0 aliphatic heterocycles. The number of anilines is 4. The summed E-state index contributed by atoms with van der Waals surface area (Å²) in [6.45, 7) is 0. The van der Waals surface area contributed by atoms with E-state index in [2.05, 4.69) is 41.0 Å². The van der Waals surface area contributed by atoms with Gasteiger partial charge in [0, 0.05) is 16.8 Å². The first-order valence-electron chi connectivity index (χ1n) is 8.77. The molecule has 0 unspecified atom stereocenters. The average molecular weight is 421 g/mol. The van der Waals surface area contributed by atoms with Gasteiger partial charge in [0.05, 0.1) is 28.2 Å². The van der Waals surface area contributed by atoms with Crippen LogP contribution in [0.3, 0.4) is 0 Å². The van der Waals surface area contributed by atoms with Crippen LogP contribution >= 0.6 is 0 Å². The van der Waals surface area contributed by atoms with Gasteiger partial charge in [-0.15, -0.1) is 0 Å². The molecule has 0 fully saturated rings. The van der Waals surface area contributed by atoms with E-state index in [9.17, 15) is 8.42 Å². The van der Waals surface area contributed by atoms with Gasteiger partial charge in [-0.2, -0.15) is 20.2 Å². The van der Waals surface area contributed by atoms with Crippen LogP contribution < -0.4 is 15.8 Å². The molecule has 0 saturated heterocycles. The van der Waals surface area contributed by atoms with Crippen LogP contribution in [0.5, 0.6) is 0 Å². The maximum absolute atomic E-state index is 11.4. The topological polar surface area (TPSA) is 167 Å². The average Bonchev–Trinajstić information content (AvgIpc) is 3.36. The van der Waals surface area contributed by atoms with Gasteiger partial charge < -0.3 is 10.6 Å². The third kappa shape index (κ3) is 3.40. The van der Waals surface area contributed by atoms with E-state index in [-0.39, 0.29) is 4.90 Å². The molecule has 12 heteroatoms. The van der Waals surface area contributed by atoms with Gasteiger partial charge in [-0.25, -0.2) is 13.6 Å². The molecule has 150 valence electrons. The lowest BCUT2D eigenvalue weighted by Gasteiger charge is -2.10. The number of aromatic nitrogens is 6. The summed E-state index contributed by atoms with van der Waals surface area (Å²) in [6, 6.07) is 11.8. The van der Waals surface area contributed by atoms with Crippen LogP contribution in [0.15, 0.2) is 59.8 Å².